The number of anilines is 1. The summed E-state index contributed by atoms with van der Waals surface area (Å²) in [6.45, 7) is 3.78. The van der Waals surface area contributed by atoms with E-state index >= 15 is 0 Å². The Morgan fingerprint density at radius 2 is 1.88 bits per heavy atom. The highest BCUT2D eigenvalue weighted by molar-refractivity contribution is 7.93. The molecule has 0 aliphatic heterocycles. The van der Waals surface area contributed by atoms with Crippen molar-refractivity contribution in [1.82, 2.24) is 0 Å². The zero-order valence-corrected chi connectivity index (χ0v) is 10.8. The van der Waals surface area contributed by atoms with Gasteiger partial charge in [-0.15, -0.1) is 0 Å². The van der Waals surface area contributed by atoms with Crippen molar-refractivity contribution in [1.29, 1.82) is 5.26 Å². The van der Waals surface area contributed by atoms with E-state index in [1.807, 2.05) is 12.1 Å². The van der Waals surface area contributed by atoms with Crippen LogP contribution in [0.2, 0.25) is 0 Å². The van der Waals surface area contributed by atoms with Crippen molar-refractivity contribution in [2.45, 2.75) is 25.5 Å². The standard InChI is InChI=1S/C12H16N2O2S/c1-3-12(10-13)17(15,16)14(4-2)11-8-6-5-7-9-11/h5-9,12H,3-4H2,1-2H3. The lowest BCUT2D eigenvalue weighted by atomic mass is 10.3. The molecule has 1 aromatic rings. The molecule has 0 amide bonds. The fraction of sp³-hybridized carbons (Fsp3) is 0.417. The highest BCUT2D eigenvalue weighted by Crippen LogP contribution is 2.21. The molecule has 0 saturated carbocycles. The maximum Gasteiger partial charge on any atom is 0.251 e. The van der Waals surface area contributed by atoms with E-state index in [1.54, 1.807) is 38.1 Å². The van der Waals surface area contributed by atoms with Gasteiger partial charge >= 0.3 is 0 Å². The summed E-state index contributed by atoms with van der Waals surface area (Å²) in [7, 11) is -3.59. The molecular weight excluding hydrogens is 236 g/mol. The van der Waals surface area contributed by atoms with Crippen LogP contribution in [0.1, 0.15) is 20.3 Å². The number of rotatable bonds is 5. The molecule has 17 heavy (non-hydrogen) atoms. The van der Waals surface area contributed by atoms with Crippen molar-refractivity contribution in [3.63, 3.8) is 0 Å². The normalized spacial score (nSPS) is 12.8. The van der Waals surface area contributed by atoms with Crippen LogP contribution >= 0.6 is 0 Å². The SMILES string of the molecule is CCC(C#N)S(=O)(=O)N(CC)c1ccccc1. The van der Waals surface area contributed by atoms with Crippen LogP contribution in [0.25, 0.3) is 0 Å². The molecule has 0 bridgehead atoms. The van der Waals surface area contributed by atoms with Crippen molar-refractivity contribution in [2.75, 3.05) is 10.8 Å². The summed E-state index contributed by atoms with van der Waals surface area (Å²) in [5.41, 5.74) is 0.601. The zero-order chi connectivity index (χ0) is 12.9. The summed E-state index contributed by atoms with van der Waals surface area (Å²) in [6, 6.07) is 10.7. The summed E-state index contributed by atoms with van der Waals surface area (Å²) < 4.78 is 25.7. The van der Waals surface area contributed by atoms with Gasteiger partial charge in [-0.05, 0) is 25.5 Å². The number of hydrogen-bond donors (Lipinski definition) is 0. The van der Waals surface area contributed by atoms with E-state index in [0.29, 0.717) is 18.7 Å². The highest BCUT2D eigenvalue weighted by atomic mass is 32.2. The predicted octanol–water partition coefficient (Wildman–Crippen LogP) is 2.14. The molecule has 0 radical (unpaired) electrons. The van der Waals surface area contributed by atoms with Gasteiger partial charge in [-0.2, -0.15) is 5.26 Å². The summed E-state index contributed by atoms with van der Waals surface area (Å²) in [4.78, 5) is 0. The molecule has 1 atom stereocenters. The van der Waals surface area contributed by atoms with E-state index < -0.39 is 15.3 Å². The molecule has 4 nitrogen and oxygen atoms in total. The van der Waals surface area contributed by atoms with Crippen molar-refractivity contribution >= 4 is 15.7 Å². The predicted molar refractivity (Wildman–Crippen MR) is 68.1 cm³/mol. The minimum atomic E-state index is -3.59. The maximum atomic E-state index is 12.2. The Balaban J connectivity index is 3.16. The van der Waals surface area contributed by atoms with Gasteiger partial charge in [0.05, 0.1) is 11.8 Å². The van der Waals surface area contributed by atoms with Crippen molar-refractivity contribution in [2.24, 2.45) is 0 Å². The second-order valence-electron chi connectivity index (χ2n) is 3.57. The third-order valence-electron chi connectivity index (χ3n) is 2.51. The van der Waals surface area contributed by atoms with Crippen LogP contribution in [0.4, 0.5) is 5.69 Å². The van der Waals surface area contributed by atoms with E-state index in [0.717, 1.165) is 0 Å². The van der Waals surface area contributed by atoms with Gasteiger partial charge in [-0.3, -0.25) is 4.31 Å². The Kier molecular flexibility index (Phi) is 4.53. The van der Waals surface area contributed by atoms with E-state index in [-0.39, 0.29) is 0 Å². The van der Waals surface area contributed by atoms with Gasteiger partial charge < -0.3 is 0 Å². The molecule has 0 heterocycles. The quantitative estimate of drug-likeness (QED) is 0.806. The van der Waals surface area contributed by atoms with Crippen LogP contribution in [-0.4, -0.2) is 20.2 Å². The van der Waals surface area contributed by atoms with E-state index in [9.17, 15) is 8.42 Å². The molecule has 1 unspecified atom stereocenters. The van der Waals surface area contributed by atoms with Crippen LogP contribution in [0, 0.1) is 11.3 Å². The first-order chi connectivity index (χ1) is 8.07. The lowest BCUT2D eigenvalue weighted by Crippen LogP contribution is -2.38. The van der Waals surface area contributed by atoms with Gasteiger partial charge in [-0.25, -0.2) is 8.42 Å². The van der Waals surface area contributed by atoms with Gasteiger partial charge in [0, 0.05) is 6.54 Å². The van der Waals surface area contributed by atoms with Crippen LogP contribution < -0.4 is 4.31 Å². The lowest BCUT2D eigenvalue weighted by Gasteiger charge is -2.24. The van der Waals surface area contributed by atoms with Crippen LogP contribution in [-0.2, 0) is 10.0 Å². The molecule has 0 aliphatic carbocycles. The van der Waals surface area contributed by atoms with E-state index in [2.05, 4.69) is 0 Å². The molecule has 0 N–H and O–H groups in total. The lowest BCUT2D eigenvalue weighted by molar-refractivity contribution is 0.583. The van der Waals surface area contributed by atoms with Gasteiger partial charge in [-0.1, -0.05) is 25.1 Å². The summed E-state index contributed by atoms with van der Waals surface area (Å²) in [5.74, 6) is 0. The molecule has 0 fully saturated rings. The first-order valence-electron chi connectivity index (χ1n) is 5.54. The van der Waals surface area contributed by atoms with Crippen LogP contribution in [0.15, 0.2) is 30.3 Å². The minimum absolute atomic E-state index is 0.294. The Labute approximate surface area is 103 Å². The molecule has 0 spiro atoms. The second kappa shape index (κ2) is 5.69. The van der Waals surface area contributed by atoms with Crippen molar-refractivity contribution in [3.05, 3.63) is 30.3 Å². The Bertz CT molecular complexity index is 491. The molecular formula is C12H16N2O2S. The summed E-state index contributed by atoms with van der Waals surface area (Å²) in [5, 5.41) is 7.91. The number of nitrogens with zero attached hydrogens (tertiary/aromatic N) is 2. The van der Waals surface area contributed by atoms with E-state index in [1.165, 1.54) is 4.31 Å². The number of nitriles is 1. The zero-order valence-electron chi connectivity index (χ0n) is 10.00. The van der Waals surface area contributed by atoms with Crippen LogP contribution in [0.5, 0.6) is 0 Å². The molecule has 5 heteroatoms. The van der Waals surface area contributed by atoms with Gasteiger partial charge in [0.25, 0.3) is 10.0 Å². The average Bonchev–Trinajstić information content (AvgIpc) is 2.32. The number of hydrogen-bond acceptors (Lipinski definition) is 3. The maximum absolute atomic E-state index is 12.2. The Morgan fingerprint density at radius 3 is 2.29 bits per heavy atom. The Morgan fingerprint density at radius 1 is 1.29 bits per heavy atom. The highest BCUT2D eigenvalue weighted by Gasteiger charge is 2.29. The second-order valence-corrected chi connectivity index (χ2v) is 5.61. The molecule has 0 aliphatic rings. The summed E-state index contributed by atoms with van der Waals surface area (Å²) in [6.07, 6.45) is 0.294. The van der Waals surface area contributed by atoms with Crippen molar-refractivity contribution < 1.29 is 8.42 Å². The largest absolute Gasteiger partial charge is 0.269 e. The van der Waals surface area contributed by atoms with Gasteiger partial charge in [0.15, 0.2) is 5.25 Å². The molecule has 1 aromatic carbocycles. The monoisotopic (exact) mass is 252 g/mol. The number of para-hydroxylation sites is 1. The first kappa shape index (κ1) is 13.5. The van der Waals surface area contributed by atoms with E-state index in [4.69, 9.17) is 5.26 Å². The Hall–Kier alpha value is -1.54. The molecule has 0 aromatic heterocycles. The van der Waals surface area contributed by atoms with Crippen LogP contribution in [0.3, 0.4) is 0 Å². The third-order valence-corrected chi connectivity index (χ3v) is 4.75. The molecule has 1 rings (SSSR count). The van der Waals surface area contributed by atoms with Crippen molar-refractivity contribution in [3.8, 4) is 6.07 Å². The van der Waals surface area contributed by atoms with Gasteiger partial charge in [0.2, 0.25) is 0 Å². The number of benzene rings is 1. The fourth-order valence-electron chi connectivity index (χ4n) is 1.63. The first-order valence-corrected chi connectivity index (χ1v) is 7.04. The average molecular weight is 252 g/mol. The molecule has 92 valence electrons. The minimum Gasteiger partial charge on any atom is -0.269 e. The topological polar surface area (TPSA) is 61.2 Å². The third kappa shape index (κ3) is 2.77. The summed E-state index contributed by atoms with van der Waals surface area (Å²) >= 11 is 0. The number of sulfonamides is 1. The smallest absolute Gasteiger partial charge is 0.251 e. The van der Waals surface area contributed by atoms with Gasteiger partial charge in [0.1, 0.15) is 0 Å². The molecule has 0 saturated heterocycles. The fourth-order valence-corrected chi connectivity index (χ4v) is 3.26.